The first-order valence-corrected chi connectivity index (χ1v) is 8.91. The number of rotatable bonds is 7. The number of hydrazone groups is 1. The van der Waals surface area contributed by atoms with Gasteiger partial charge in [0.05, 0.1) is 16.8 Å². The van der Waals surface area contributed by atoms with E-state index in [2.05, 4.69) is 14.6 Å². The van der Waals surface area contributed by atoms with Crippen molar-refractivity contribution in [2.75, 3.05) is 13.2 Å². The summed E-state index contributed by atoms with van der Waals surface area (Å²) in [6.07, 6.45) is -8.23. The topological polar surface area (TPSA) is 59.9 Å². The van der Waals surface area contributed by atoms with Crippen molar-refractivity contribution in [3.63, 3.8) is 0 Å². The Morgan fingerprint density at radius 1 is 0.968 bits per heavy atom. The van der Waals surface area contributed by atoms with Crippen molar-refractivity contribution < 1.29 is 40.6 Å². The van der Waals surface area contributed by atoms with Crippen LogP contribution in [0.15, 0.2) is 41.5 Å². The fraction of sp³-hybridized carbons (Fsp3) is 0.222. The van der Waals surface area contributed by atoms with Crippen LogP contribution in [0.3, 0.4) is 0 Å². The van der Waals surface area contributed by atoms with Gasteiger partial charge in [-0.15, -0.1) is 0 Å². The maximum absolute atomic E-state index is 12.4. The summed E-state index contributed by atoms with van der Waals surface area (Å²) in [7, 11) is 0. The molecule has 1 N–H and O–H groups in total. The summed E-state index contributed by atoms with van der Waals surface area (Å²) in [4.78, 5) is 12.4. The van der Waals surface area contributed by atoms with Crippen LogP contribution in [0.1, 0.15) is 15.9 Å². The molecule has 0 aliphatic carbocycles. The summed E-state index contributed by atoms with van der Waals surface area (Å²) in [5, 5.41) is 4.19. The van der Waals surface area contributed by atoms with Gasteiger partial charge in [-0.3, -0.25) is 4.79 Å². The zero-order chi connectivity index (χ0) is 23.2. The molecule has 1 amide bonds. The largest absolute Gasteiger partial charge is 0.484 e. The molecule has 13 heteroatoms. The summed E-state index contributed by atoms with van der Waals surface area (Å²) in [6, 6.07) is 7.02. The highest BCUT2D eigenvalue weighted by Crippen LogP contribution is 2.28. The summed E-state index contributed by atoms with van der Waals surface area (Å²) >= 11 is 11.7. The minimum Gasteiger partial charge on any atom is -0.484 e. The van der Waals surface area contributed by atoms with Crippen LogP contribution < -0.4 is 14.9 Å². The number of hydrogen-bond donors (Lipinski definition) is 1. The molecule has 0 fully saturated rings. The number of nitrogens with one attached hydrogen (secondary N) is 1. The second-order valence-electron chi connectivity index (χ2n) is 5.83. The van der Waals surface area contributed by atoms with Crippen LogP contribution in [0.4, 0.5) is 26.3 Å². The average molecular weight is 489 g/mol. The third-order valence-corrected chi connectivity index (χ3v) is 3.88. The first-order valence-electron chi connectivity index (χ1n) is 8.16. The van der Waals surface area contributed by atoms with Crippen molar-refractivity contribution in [1.29, 1.82) is 0 Å². The zero-order valence-electron chi connectivity index (χ0n) is 15.2. The van der Waals surface area contributed by atoms with Crippen molar-refractivity contribution >= 4 is 35.3 Å². The maximum atomic E-state index is 12.4. The van der Waals surface area contributed by atoms with Crippen LogP contribution in [0, 0.1) is 0 Å². The van der Waals surface area contributed by atoms with E-state index in [0.717, 1.165) is 24.4 Å². The molecule has 0 aliphatic heterocycles. The third-order valence-electron chi connectivity index (χ3n) is 3.32. The predicted molar refractivity (Wildman–Crippen MR) is 101 cm³/mol. The third kappa shape index (κ3) is 8.54. The molecular formula is C18H12Cl2F6N2O3. The van der Waals surface area contributed by atoms with E-state index in [0.29, 0.717) is 10.6 Å². The van der Waals surface area contributed by atoms with E-state index in [1.54, 1.807) is 0 Å². The lowest BCUT2D eigenvalue weighted by Crippen LogP contribution is -2.23. The summed E-state index contributed by atoms with van der Waals surface area (Å²) in [5.41, 5.74) is 1.86. The van der Waals surface area contributed by atoms with Gasteiger partial charge in [0.15, 0.2) is 13.2 Å². The van der Waals surface area contributed by atoms with Gasteiger partial charge in [-0.2, -0.15) is 31.4 Å². The first kappa shape index (κ1) is 24.6. The highest BCUT2D eigenvalue weighted by atomic mass is 35.5. The van der Waals surface area contributed by atoms with Gasteiger partial charge in [0.1, 0.15) is 11.5 Å². The van der Waals surface area contributed by atoms with Crippen LogP contribution in [-0.4, -0.2) is 37.7 Å². The fourth-order valence-electron chi connectivity index (χ4n) is 2.05. The van der Waals surface area contributed by atoms with E-state index in [1.807, 2.05) is 5.43 Å². The Kier molecular flexibility index (Phi) is 8.02. The molecule has 2 aromatic carbocycles. The number of hydrogen-bond acceptors (Lipinski definition) is 4. The van der Waals surface area contributed by atoms with Crippen molar-refractivity contribution in [2.45, 2.75) is 12.4 Å². The van der Waals surface area contributed by atoms with Crippen molar-refractivity contribution in [3.05, 3.63) is 57.6 Å². The van der Waals surface area contributed by atoms with E-state index in [4.69, 9.17) is 23.2 Å². The fourth-order valence-corrected chi connectivity index (χ4v) is 2.51. The van der Waals surface area contributed by atoms with Crippen LogP contribution in [0.5, 0.6) is 11.5 Å². The number of benzene rings is 2. The first-order chi connectivity index (χ1) is 14.3. The molecule has 0 bridgehead atoms. The van der Waals surface area contributed by atoms with Crippen LogP contribution in [-0.2, 0) is 0 Å². The Bertz CT molecular complexity index is 964. The molecule has 0 radical (unpaired) electrons. The molecule has 0 heterocycles. The van der Waals surface area contributed by atoms with Gasteiger partial charge in [-0.05, 0) is 30.3 Å². The van der Waals surface area contributed by atoms with Crippen molar-refractivity contribution in [3.8, 4) is 11.5 Å². The van der Waals surface area contributed by atoms with Gasteiger partial charge < -0.3 is 9.47 Å². The molecule has 0 saturated heterocycles. The van der Waals surface area contributed by atoms with Gasteiger partial charge >= 0.3 is 12.4 Å². The molecule has 5 nitrogen and oxygen atoms in total. The molecule has 2 rings (SSSR count). The van der Waals surface area contributed by atoms with Crippen LogP contribution in [0.2, 0.25) is 10.0 Å². The second-order valence-corrected chi connectivity index (χ2v) is 6.67. The minimum absolute atomic E-state index is 0.210. The number of alkyl halides is 6. The molecule has 0 spiro atoms. The number of ether oxygens (including phenoxy) is 2. The van der Waals surface area contributed by atoms with E-state index in [1.165, 1.54) is 18.2 Å². The summed E-state index contributed by atoms with van der Waals surface area (Å²) in [6.45, 7) is -3.39. The second kappa shape index (κ2) is 10.1. The minimum atomic E-state index is -4.71. The average Bonchev–Trinajstić information content (AvgIpc) is 2.65. The van der Waals surface area contributed by atoms with E-state index in [9.17, 15) is 31.1 Å². The van der Waals surface area contributed by atoms with Gasteiger partial charge in [0.2, 0.25) is 0 Å². The summed E-state index contributed by atoms with van der Waals surface area (Å²) < 4.78 is 83.4. The maximum Gasteiger partial charge on any atom is 0.422 e. The number of nitrogens with zero attached hydrogens (tertiary/aromatic N) is 1. The highest BCUT2D eigenvalue weighted by molar-refractivity contribution is 6.36. The molecule has 0 saturated carbocycles. The molecule has 168 valence electrons. The molecule has 2 aromatic rings. The highest BCUT2D eigenvalue weighted by Gasteiger charge is 2.30. The van der Waals surface area contributed by atoms with Gasteiger partial charge in [-0.25, -0.2) is 5.43 Å². The van der Waals surface area contributed by atoms with Gasteiger partial charge in [0.25, 0.3) is 5.91 Å². The van der Waals surface area contributed by atoms with Crippen LogP contribution in [0.25, 0.3) is 0 Å². The summed E-state index contributed by atoms with van der Waals surface area (Å²) in [5.74, 6) is -2.00. The van der Waals surface area contributed by atoms with Gasteiger partial charge in [0, 0.05) is 10.6 Å². The molecule has 0 aromatic heterocycles. The SMILES string of the molecule is O=C(N/N=C\c1ccc(Cl)cc1Cl)c1cc(OCC(F)(F)F)ccc1OCC(F)(F)F. The number of carbonyl (C=O) groups excluding carboxylic acids is 1. The Morgan fingerprint density at radius 2 is 1.61 bits per heavy atom. The Morgan fingerprint density at radius 3 is 2.23 bits per heavy atom. The zero-order valence-corrected chi connectivity index (χ0v) is 16.7. The van der Waals surface area contributed by atoms with Crippen molar-refractivity contribution in [2.24, 2.45) is 5.10 Å². The normalized spacial score (nSPS) is 12.1. The lowest BCUT2D eigenvalue weighted by atomic mass is 10.2. The molecule has 0 unspecified atom stereocenters. The molecule has 0 aliphatic rings. The van der Waals surface area contributed by atoms with E-state index in [-0.39, 0.29) is 5.02 Å². The van der Waals surface area contributed by atoms with Crippen LogP contribution >= 0.6 is 23.2 Å². The lowest BCUT2D eigenvalue weighted by molar-refractivity contribution is -0.154. The molecular weight excluding hydrogens is 477 g/mol. The lowest BCUT2D eigenvalue weighted by Gasteiger charge is -2.14. The Labute approximate surface area is 181 Å². The number of carbonyl (C=O) groups is 1. The Hall–Kier alpha value is -2.66. The molecule has 31 heavy (non-hydrogen) atoms. The predicted octanol–water partition coefficient (Wildman–Crippen LogP) is 5.64. The smallest absolute Gasteiger partial charge is 0.422 e. The number of halogens is 8. The quantitative estimate of drug-likeness (QED) is 0.311. The monoisotopic (exact) mass is 488 g/mol. The molecule has 0 atom stereocenters. The number of amides is 1. The van der Waals surface area contributed by atoms with Gasteiger partial charge in [-0.1, -0.05) is 29.3 Å². The Balaban J connectivity index is 2.21. The van der Waals surface area contributed by atoms with E-state index >= 15 is 0 Å². The van der Waals surface area contributed by atoms with E-state index < -0.39 is 48.5 Å². The standard InChI is InChI=1S/C18H12Cl2F6N2O3/c19-11-2-1-10(14(20)5-11)7-27-28-16(29)13-6-12(30-8-17(21,22)23)3-4-15(13)31-9-18(24,25)26/h1-7H,8-9H2,(H,28,29)/b27-7-. The van der Waals surface area contributed by atoms with Crippen molar-refractivity contribution in [1.82, 2.24) is 5.43 Å².